The van der Waals surface area contributed by atoms with E-state index in [2.05, 4.69) is 230 Å². The highest BCUT2D eigenvalue weighted by molar-refractivity contribution is 6.23. The number of anilines is 6. The Hall–Kier alpha value is -8.86. The van der Waals surface area contributed by atoms with Gasteiger partial charge in [-0.25, -0.2) is 0 Å². The van der Waals surface area contributed by atoms with Crippen LogP contribution in [0.15, 0.2) is 206 Å². The summed E-state index contributed by atoms with van der Waals surface area (Å²) in [4.78, 5) is 4.86. The SMILES string of the molecule is CC12c3ccc4c(c3)N(c3ccc5c6c7cc(ccc7c(c5c3)-c3ccc(c1c3)-c1ccccc12)N1c2ccccc2Oc2ccc(cc21)C1(C)c2ccccc2-c2ccc-6cc21)c1ccccc1O4. The Morgan fingerprint density at radius 1 is 0.314 bits per heavy atom. The van der Waals surface area contributed by atoms with E-state index in [0.29, 0.717) is 0 Å². The highest BCUT2D eigenvalue weighted by Crippen LogP contribution is 2.61. The third-order valence-corrected chi connectivity index (χ3v) is 17.0. The van der Waals surface area contributed by atoms with Gasteiger partial charge in [0.1, 0.15) is 0 Å². The van der Waals surface area contributed by atoms with Crippen molar-refractivity contribution in [3.63, 3.8) is 0 Å². The summed E-state index contributed by atoms with van der Waals surface area (Å²) in [6.07, 6.45) is 0. The van der Waals surface area contributed by atoms with E-state index in [-0.39, 0.29) is 0 Å². The zero-order chi connectivity index (χ0) is 45.8. The number of hydrogen-bond acceptors (Lipinski definition) is 4. The van der Waals surface area contributed by atoms with E-state index in [1.165, 1.54) is 99.4 Å². The van der Waals surface area contributed by atoms with E-state index in [4.69, 9.17) is 9.47 Å². The van der Waals surface area contributed by atoms with Gasteiger partial charge in [0.2, 0.25) is 0 Å². The smallest absolute Gasteiger partial charge is 0.151 e. The van der Waals surface area contributed by atoms with Gasteiger partial charge in [-0.2, -0.15) is 0 Å². The summed E-state index contributed by atoms with van der Waals surface area (Å²) in [5.74, 6) is 3.37. The summed E-state index contributed by atoms with van der Waals surface area (Å²) < 4.78 is 13.6. The number of ether oxygens (including phenoxy) is 2. The summed E-state index contributed by atoms with van der Waals surface area (Å²) in [7, 11) is 0. The normalized spacial score (nSPS) is 18.1. The molecule has 4 nitrogen and oxygen atoms in total. The lowest BCUT2D eigenvalue weighted by Crippen LogP contribution is -2.24. The van der Waals surface area contributed by atoms with E-state index < -0.39 is 10.8 Å². The Bertz CT molecular complexity index is 3990. The molecule has 2 atom stereocenters. The molecule has 11 aromatic carbocycles. The first-order valence-corrected chi connectivity index (χ1v) is 24.4. The van der Waals surface area contributed by atoms with Crippen molar-refractivity contribution in [1.82, 2.24) is 0 Å². The van der Waals surface area contributed by atoms with Crippen LogP contribution >= 0.6 is 0 Å². The van der Waals surface area contributed by atoms with E-state index >= 15 is 0 Å². The molecular weight excluding hydrogens is 853 g/mol. The number of rotatable bonds is 0. The first kappa shape index (κ1) is 37.2. The van der Waals surface area contributed by atoms with Gasteiger partial charge < -0.3 is 19.3 Å². The van der Waals surface area contributed by atoms with Crippen LogP contribution in [0.3, 0.4) is 0 Å². The summed E-state index contributed by atoms with van der Waals surface area (Å²) in [6.45, 7) is 4.85. The van der Waals surface area contributed by atoms with Gasteiger partial charge in [-0.1, -0.05) is 121 Å². The number of benzene rings is 11. The predicted octanol–water partition coefficient (Wildman–Crippen LogP) is 17.8. The van der Waals surface area contributed by atoms with Crippen LogP contribution in [0.25, 0.3) is 66.1 Å². The fraction of sp³-hybridized carbons (Fsp3) is 0.0606. The van der Waals surface area contributed by atoms with Crippen molar-refractivity contribution < 1.29 is 9.47 Å². The van der Waals surface area contributed by atoms with E-state index in [1.807, 2.05) is 0 Å². The van der Waals surface area contributed by atoms with E-state index in [9.17, 15) is 0 Å². The van der Waals surface area contributed by atoms with Crippen LogP contribution in [-0.4, -0.2) is 0 Å². The van der Waals surface area contributed by atoms with Gasteiger partial charge in [0.25, 0.3) is 0 Å². The van der Waals surface area contributed by atoms with Gasteiger partial charge in [-0.05, 0) is 198 Å². The van der Waals surface area contributed by atoms with Crippen molar-refractivity contribution in [2.24, 2.45) is 0 Å². The minimum absolute atomic E-state index is 0.438. The second kappa shape index (κ2) is 12.6. The lowest BCUT2D eigenvalue weighted by atomic mass is 9.73. The number of para-hydroxylation sites is 4. The van der Waals surface area contributed by atoms with Crippen LogP contribution in [0, 0.1) is 0 Å². The zero-order valence-electron chi connectivity index (χ0n) is 38.3. The zero-order valence-corrected chi connectivity index (χ0v) is 38.3. The molecule has 326 valence electrons. The third kappa shape index (κ3) is 4.40. The van der Waals surface area contributed by atoms with Crippen molar-refractivity contribution in [3.05, 3.63) is 240 Å². The monoisotopic (exact) mass is 892 g/mol. The number of hydrogen-bond donors (Lipinski definition) is 0. The van der Waals surface area contributed by atoms with Gasteiger partial charge in [-0.15, -0.1) is 0 Å². The largest absolute Gasteiger partial charge is 0.453 e. The molecule has 70 heavy (non-hydrogen) atoms. The van der Waals surface area contributed by atoms with Crippen molar-refractivity contribution >= 4 is 55.7 Å². The average molecular weight is 893 g/mol. The molecular formula is C66H40N2O2. The molecule has 2 aliphatic carbocycles. The quantitative estimate of drug-likeness (QED) is 0.142. The Kier molecular flexibility index (Phi) is 6.70. The van der Waals surface area contributed by atoms with Crippen molar-refractivity contribution in [3.8, 4) is 67.5 Å². The summed E-state index contributed by atoms with van der Waals surface area (Å²) in [5.41, 5.74) is 23.1. The molecule has 0 saturated heterocycles. The highest BCUT2D eigenvalue weighted by atomic mass is 16.5. The summed E-state index contributed by atoms with van der Waals surface area (Å²) in [6, 6.07) is 77.6. The molecule has 4 heteroatoms. The van der Waals surface area contributed by atoms with Crippen LogP contribution < -0.4 is 19.3 Å². The standard InChI is InChI=1S/C66H40N2O2/c1-65-39-21-29-61-57(33-39)67(55-15-7-9-17-59(55)69-61)41-23-28-48-49(35-41)63(37-19-25-45(53(65)31-37)43-11-3-5-13-51(43)65)47-27-24-42-36-50(47)64(48)38-20-26-46-44-12-4-6-14-52(44)66(2,54(46)32-38)40-22-30-62-58(34-40)68(42)56-16-8-10-18-60(56)70-62/h3-36H,1-2H3. The Labute approximate surface area is 404 Å². The summed E-state index contributed by atoms with van der Waals surface area (Å²) >= 11 is 0. The van der Waals surface area contributed by atoms with Crippen molar-refractivity contribution in [2.75, 3.05) is 9.80 Å². The Morgan fingerprint density at radius 2 is 0.729 bits per heavy atom. The highest BCUT2D eigenvalue weighted by Gasteiger charge is 2.44. The van der Waals surface area contributed by atoms with E-state index in [0.717, 1.165) is 57.1 Å². The molecule has 0 radical (unpaired) electrons. The molecule has 17 rings (SSSR count). The number of fused-ring (bicyclic) bond motifs is 24. The minimum atomic E-state index is -0.438. The molecule has 2 unspecified atom stereocenters. The molecule has 11 aromatic rings. The molecule has 0 amide bonds. The van der Waals surface area contributed by atoms with Gasteiger partial charge >= 0.3 is 0 Å². The fourth-order valence-corrected chi connectivity index (χ4v) is 13.7. The second-order valence-electron chi connectivity index (χ2n) is 20.2. The maximum absolute atomic E-state index is 6.78. The van der Waals surface area contributed by atoms with Crippen molar-refractivity contribution in [2.45, 2.75) is 24.7 Å². The maximum Gasteiger partial charge on any atom is 0.151 e. The Balaban J connectivity index is 1.05. The van der Waals surface area contributed by atoms with Gasteiger partial charge in [0, 0.05) is 22.2 Å². The average Bonchev–Trinajstić information content (AvgIpc) is 3.82. The van der Waals surface area contributed by atoms with Gasteiger partial charge in [-0.3, -0.25) is 0 Å². The van der Waals surface area contributed by atoms with Crippen LogP contribution in [-0.2, 0) is 10.8 Å². The lowest BCUT2D eigenvalue weighted by Gasteiger charge is -2.36. The Morgan fingerprint density at radius 3 is 1.21 bits per heavy atom. The molecule has 12 bridgehead atoms. The first-order valence-electron chi connectivity index (χ1n) is 24.4. The van der Waals surface area contributed by atoms with Crippen LogP contribution in [0.1, 0.15) is 47.2 Å². The molecule has 0 spiro atoms. The minimum Gasteiger partial charge on any atom is -0.453 e. The van der Waals surface area contributed by atoms with Gasteiger partial charge in [0.05, 0.1) is 22.7 Å². The molecule has 0 saturated carbocycles. The third-order valence-electron chi connectivity index (χ3n) is 17.0. The molecule has 0 fully saturated rings. The second-order valence-corrected chi connectivity index (χ2v) is 20.2. The molecule has 4 aliphatic heterocycles. The molecule has 0 aromatic heterocycles. The number of nitrogens with zero attached hydrogens (tertiary/aromatic N) is 2. The van der Waals surface area contributed by atoms with Gasteiger partial charge in [0.15, 0.2) is 23.0 Å². The van der Waals surface area contributed by atoms with Crippen LogP contribution in [0.2, 0.25) is 0 Å². The van der Waals surface area contributed by atoms with Crippen molar-refractivity contribution in [1.29, 1.82) is 0 Å². The predicted molar refractivity (Wildman–Crippen MR) is 284 cm³/mol. The maximum atomic E-state index is 6.78. The fourth-order valence-electron chi connectivity index (χ4n) is 13.7. The van der Waals surface area contributed by atoms with Crippen LogP contribution in [0.4, 0.5) is 34.1 Å². The summed E-state index contributed by atoms with van der Waals surface area (Å²) in [5, 5.41) is 4.82. The van der Waals surface area contributed by atoms with E-state index in [1.54, 1.807) is 0 Å². The molecule has 4 heterocycles. The van der Waals surface area contributed by atoms with Crippen LogP contribution in [0.5, 0.6) is 23.0 Å². The molecule has 6 aliphatic rings. The topological polar surface area (TPSA) is 24.9 Å². The molecule has 0 N–H and O–H groups in total. The lowest BCUT2D eigenvalue weighted by molar-refractivity contribution is 0.476. The first-order chi connectivity index (χ1) is 34.4.